The molecule has 120 valence electrons. The molecule has 0 bridgehead atoms. The number of thioether (sulfide) groups is 1. The van der Waals surface area contributed by atoms with Crippen LogP contribution in [0, 0.1) is 0 Å². The van der Waals surface area contributed by atoms with E-state index in [1.807, 2.05) is 13.8 Å². The standard InChI is InChI=1S/C13H22N2O4S2/c1-5-8-14-13(16)10(2)20-9-11-6-7-12(19-11)21(17,18)15(3)4/h6-7,10H,5,8-9H2,1-4H3,(H,14,16)/t10-/m1/s1. The van der Waals surface area contributed by atoms with E-state index in [0.717, 1.165) is 10.7 Å². The second-order valence-corrected chi connectivity index (χ2v) is 8.16. The van der Waals surface area contributed by atoms with E-state index < -0.39 is 10.0 Å². The average molecular weight is 334 g/mol. The van der Waals surface area contributed by atoms with Gasteiger partial charge in [-0.25, -0.2) is 12.7 Å². The van der Waals surface area contributed by atoms with Crippen LogP contribution in [0.4, 0.5) is 0 Å². The van der Waals surface area contributed by atoms with E-state index in [9.17, 15) is 13.2 Å². The highest BCUT2D eigenvalue weighted by Gasteiger charge is 2.22. The molecule has 0 aromatic carbocycles. The van der Waals surface area contributed by atoms with Crippen molar-refractivity contribution in [2.75, 3.05) is 20.6 Å². The first-order valence-corrected chi connectivity index (χ1v) is 9.18. The molecule has 0 saturated carbocycles. The van der Waals surface area contributed by atoms with Crippen LogP contribution in [0.5, 0.6) is 0 Å². The molecule has 0 aliphatic carbocycles. The van der Waals surface area contributed by atoms with Crippen LogP contribution >= 0.6 is 11.8 Å². The Balaban J connectivity index is 2.58. The van der Waals surface area contributed by atoms with Crippen molar-refractivity contribution in [3.05, 3.63) is 17.9 Å². The maximum absolute atomic E-state index is 11.9. The van der Waals surface area contributed by atoms with E-state index in [-0.39, 0.29) is 16.2 Å². The Morgan fingerprint density at radius 1 is 1.43 bits per heavy atom. The van der Waals surface area contributed by atoms with Gasteiger partial charge < -0.3 is 9.73 Å². The molecular weight excluding hydrogens is 312 g/mol. The highest BCUT2D eigenvalue weighted by molar-refractivity contribution is 7.99. The summed E-state index contributed by atoms with van der Waals surface area (Å²) in [4.78, 5) is 11.7. The van der Waals surface area contributed by atoms with Gasteiger partial charge in [0.05, 0.1) is 11.0 Å². The predicted molar refractivity (Wildman–Crippen MR) is 83.6 cm³/mol. The molecule has 0 saturated heterocycles. The van der Waals surface area contributed by atoms with Crippen molar-refractivity contribution < 1.29 is 17.6 Å². The lowest BCUT2D eigenvalue weighted by molar-refractivity contribution is -0.120. The quantitative estimate of drug-likeness (QED) is 0.782. The maximum atomic E-state index is 11.9. The van der Waals surface area contributed by atoms with Gasteiger partial charge in [-0.1, -0.05) is 6.92 Å². The highest BCUT2D eigenvalue weighted by atomic mass is 32.2. The average Bonchev–Trinajstić information content (AvgIpc) is 2.91. The molecule has 0 spiro atoms. The van der Waals surface area contributed by atoms with E-state index in [4.69, 9.17) is 4.42 Å². The zero-order valence-electron chi connectivity index (χ0n) is 12.8. The Labute approximate surface area is 130 Å². The van der Waals surface area contributed by atoms with Gasteiger partial charge in [0.2, 0.25) is 11.0 Å². The molecule has 6 nitrogen and oxygen atoms in total. The van der Waals surface area contributed by atoms with Gasteiger partial charge in [-0.05, 0) is 25.5 Å². The third-order valence-electron chi connectivity index (χ3n) is 2.77. The summed E-state index contributed by atoms with van der Waals surface area (Å²) >= 11 is 1.41. The molecule has 0 fully saturated rings. The van der Waals surface area contributed by atoms with Crippen molar-refractivity contribution in [2.24, 2.45) is 0 Å². The number of nitrogens with one attached hydrogen (secondary N) is 1. The van der Waals surface area contributed by atoms with E-state index in [1.54, 1.807) is 6.07 Å². The molecule has 21 heavy (non-hydrogen) atoms. The summed E-state index contributed by atoms with van der Waals surface area (Å²) in [5.41, 5.74) is 0. The molecule has 1 aromatic heterocycles. The third kappa shape index (κ3) is 5.05. The van der Waals surface area contributed by atoms with Crippen molar-refractivity contribution >= 4 is 27.7 Å². The minimum atomic E-state index is -3.54. The van der Waals surface area contributed by atoms with Gasteiger partial charge in [0.15, 0.2) is 0 Å². The van der Waals surface area contributed by atoms with Crippen LogP contribution in [-0.4, -0.2) is 44.5 Å². The summed E-state index contributed by atoms with van der Waals surface area (Å²) in [5.74, 6) is 0.967. The molecular formula is C13H22N2O4S2. The lowest BCUT2D eigenvalue weighted by atomic mass is 10.4. The Bertz CT molecular complexity index is 566. The lowest BCUT2D eigenvalue weighted by Gasteiger charge is -2.10. The number of hydrogen-bond donors (Lipinski definition) is 1. The number of sulfonamides is 1. The predicted octanol–water partition coefficient (Wildman–Crippen LogP) is 1.68. The number of rotatable bonds is 8. The second-order valence-electron chi connectivity index (χ2n) is 4.75. The van der Waals surface area contributed by atoms with Gasteiger partial charge in [0.25, 0.3) is 10.0 Å². The van der Waals surface area contributed by atoms with Crippen LogP contribution in [0.2, 0.25) is 0 Å². The van der Waals surface area contributed by atoms with Gasteiger partial charge in [0, 0.05) is 20.6 Å². The van der Waals surface area contributed by atoms with E-state index in [0.29, 0.717) is 18.1 Å². The summed E-state index contributed by atoms with van der Waals surface area (Å²) < 4.78 is 30.2. The molecule has 1 heterocycles. The number of nitrogens with zero attached hydrogens (tertiary/aromatic N) is 1. The number of hydrogen-bond acceptors (Lipinski definition) is 5. The van der Waals surface area contributed by atoms with Crippen molar-refractivity contribution in [1.82, 2.24) is 9.62 Å². The van der Waals surface area contributed by atoms with Crippen LogP contribution in [0.3, 0.4) is 0 Å². The summed E-state index contributed by atoms with van der Waals surface area (Å²) in [7, 11) is -0.643. The van der Waals surface area contributed by atoms with Gasteiger partial charge in [-0.2, -0.15) is 0 Å². The second kappa shape index (κ2) is 7.86. The number of furan rings is 1. The molecule has 0 radical (unpaired) electrons. The van der Waals surface area contributed by atoms with E-state index >= 15 is 0 Å². The lowest BCUT2D eigenvalue weighted by Crippen LogP contribution is -2.31. The van der Waals surface area contributed by atoms with Gasteiger partial charge in [-0.15, -0.1) is 11.8 Å². The number of carbonyl (C=O) groups excluding carboxylic acids is 1. The Kier molecular flexibility index (Phi) is 6.76. The normalized spacial score (nSPS) is 13.4. The zero-order valence-corrected chi connectivity index (χ0v) is 14.4. The van der Waals surface area contributed by atoms with Crippen LogP contribution in [0.15, 0.2) is 21.6 Å². The largest absolute Gasteiger partial charge is 0.447 e. The summed E-state index contributed by atoms with van der Waals surface area (Å²) in [5, 5.41) is 2.53. The fourth-order valence-corrected chi connectivity index (χ4v) is 3.05. The molecule has 0 aliphatic rings. The van der Waals surface area contributed by atoms with Crippen LogP contribution in [0.25, 0.3) is 0 Å². The fourth-order valence-electron chi connectivity index (χ4n) is 1.43. The topological polar surface area (TPSA) is 79.6 Å². The molecule has 1 amide bonds. The zero-order chi connectivity index (χ0) is 16.0. The first-order valence-electron chi connectivity index (χ1n) is 6.69. The van der Waals surface area contributed by atoms with Crippen LogP contribution in [-0.2, 0) is 20.6 Å². The molecule has 1 N–H and O–H groups in total. The van der Waals surface area contributed by atoms with Gasteiger partial charge >= 0.3 is 0 Å². The first kappa shape index (κ1) is 18.1. The summed E-state index contributed by atoms with van der Waals surface area (Å²) in [6, 6.07) is 3.06. The van der Waals surface area contributed by atoms with Crippen molar-refractivity contribution in [1.29, 1.82) is 0 Å². The molecule has 0 unspecified atom stereocenters. The Morgan fingerprint density at radius 3 is 2.67 bits per heavy atom. The smallest absolute Gasteiger partial charge is 0.275 e. The monoisotopic (exact) mass is 334 g/mol. The Hall–Kier alpha value is -0.990. The van der Waals surface area contributed by atoms with Crippen molar-refractivity contribution in [3.8, 4) is 0 Å². The first-order chi connectivity index (χ1) is 9.78. The number of amides is 1. The van der Waals surface area contributed by atoms with Gasteiger partial charge in [-0.3, -0.25) is 4.79 Å². The fraction of sp³-hybridized carbons (Fsp3) is 0.615. The van der Waals surface area contributed by atoms with Crippen LogP contribution in [0.1, 0.15) is 26.0 Å². The van der Waals surface area contributed by atoms with Crippen molar-refractivity contribution in [2.45, 2.75) is 36.4 Å². The van der Waals surface area contributed by atoms with Gasteiger partial charge in [0.1, 0.15) is 5.76 Å². The number of carbonyl (C=O) groups is 1. The molecule has 8 heteroatoms. The van der Waals surface area contributed by atoms with Crippen molar-refractivity contribution in [3.63, 3.8) is 0 Å². The van der Waals surface area contributed by atoms with Crippen LogP contribution < -0.4 is 5.32 Å². The minimum absolute atomic E-state index is 0.0189. The highest BCUT2D eigenvalue weighted by Crippen LogP contribution is 2.22. The molecule has 1 atom stereocenters. The summed E-state index contributed by atoms with van der Waals surface area (Å²) in [6.07, 6.45) is 0.896. The molecule has 0 aliphatic heterocycles. The maximum Gasteiger partial charge on any atom is 0.275 e. The SMILES string of the molecule is CCCNC(=O)[C@@H](C)SCc1ccc(S(=O)(=O)N(C)C)o1. The minimum Gasteiger partial charge on any atom is -0.447 e. The molecule has 1 aromatic rings. The molecule has 1 rings (SSSR count). The third-order valence-corrected chi connectivity index (χ3v) is 5.62. The summed E-state index contributed by atoms with van der Waals surface area (Å²) in [6.45, 7) is 4.47. The Morgan fingerprint density at radius 2 is 2.10 bits per heavy atom. The van der Waals surface area contributed by atoms with E-state index in [2.05, 4.69) is 5.32 Å². The van der Waals surface area contributed by atoms with E-state index in [1.165, 1.54) is 31.9 Å².